The molecule has 9 nitrogen and oxygen atoms in total. The molecule has 1 aliphatic heterocycles. The van der Waals surface area contributed by atoms with Gasteiger partial charge < -0.3 is 25.1 Å². The minimum absolute atomic E-state index is 0.117. The first-order valence-corrected chi connectivity index (χ1v) is 10.9. The second-order valence-electron chi connectivity index (χ2n) is 8.07. The van der Waals surface area contributed by atoms with Crippen molar-refractivity contribution in [3.05, 3.63) is 75.7 Å². The molecule has 170 valence electrons. The van der Waals surface area contributed by atoms with E-state index in [9.17, 15) is 4.79 Å². The van der Waals surface area contributed by atoms with Gasteiger partial charge in [-0.25, -0.2) is 4.79 Å². The van der Waals surface area contributed by atoms with Gasteiger partial charge in [0.15, 0.2) is 11.5 Å². The minimum atomic E-state index is -0.293. The molecule has 9 heteroatoms. The molecule has 0 saturated heterocycles. The van der Waals surface area contributed by atoms with Crippen molar-refractivity contribution in [2.75, 3.05) is 37.5 Å². The SMILES string of the molecule is COCCOc1nc(N)c2[nH]c(=O)n(Cc3cccc(CN4CCc5ccccc54)c3)c2n1. The number of imidazole rings is 1. The average Bonchev–Trinajstić information content (AvgIpc) is 3.36. The van der Waals surface area contributed by atoms with Crippen molar-refractivity contribution in [2.45, 2.75) is 19.5 Å². The number of rotatable bonds is 8. The van der Waals surface area contributed by atoms with E-state index in [0.29, 0.717) is 24.3 Å². The highest BCUT2D eigenvalue weighted by Crippen LogP contribution is 2.29. The summed E-state index contributed by atoms with van der Waals surface area (Å²) in [5.41, 5.74) is 11.4. The van der Waals surface area contributed by atoms with Gasteiger partial charge in [-0.3, -0.25) is 4.57 Å². The number of benzene rings is 2. The highest BCUT2D eigenvalue weighted by molar-refractivity contribution is 5.82. The Morgan fingerprint density at radius 3 is 2.73 bits per heavy atom. The van der Waals surface area contributed by atoms with Gasteiger partial charge in [-0.1, -0.05) is 42.5 Å². The molecule has 0 spiro atoms. The molecule has 2 aromatic carbocycles. The molecule has 3 heterocycles. The molecule has 2 aromatic heterocycles. The second kappa shape index (κ2) is 8.95. The molecule has 0 amide bonds. The predicted octanol–water partition coefficient (Wildman–Crippen LogP) is 2.34. The average molecular weight is 447 g/mol. The van der Waals surface area contributed by atoms with Crippen molar-refractivity contribution in [2.24, 2.45) is 0 Å². The van der Waals surface area contributed by atoms with Gasteiger partial charge in [-0.05, 0) is 29.2 Å². The number of hydrogen-bond acceptors (Lipinski definition) is 7. The van der Waals surface area contributed by atoms with Gasteiger partial charge in [0, 0.05) is 25.9 Å². The Bertz CT molecular complexity index is 1350. The maximum Gasteiger partial charge on any atom is 0.328 e. The number of H-pyrrole nitrogens is 1. The number of aromatic nitrogens is 4. The van der Waals surface area contributed by atoms with E-state index < -0.39 is 0 Å². The van der Waals surface area contributed by atoms with E-state index in [4.69, 9.17) is 15.2 Å². The van der Waals surface area contributed by atoms with E-state index in [2.05, 4.69) is 56.3 Å². The van der Waals surface area contributed by atoms with Crippen LogP contribution in [0.1, 0.15) is 16.7 Å². The molecule has 0 radical (unpaired) electrons. The van der Waals surface area contributed by atoms with Gasteiger partial charge in [0.05, 0.1) is 13.2 Å². The third-order valence-electron chi connectivity index (χ3n) is 5.84. The fourth-order valence-corrected chi connectivity index (χ4v) is 4.26. The van der Waals surface area contributed by atoms with E-state index >= 15 is 0 Å². The Morgan fingerprint density at radius 2 is 1.88 bits per heavy atom. The number of aromatic amines is 1. The summed E-state index contributed by atoms with van der Waals surface area (Å²) >= 11 is 0. The third kappa shape index (κ3) is 4.27. The van der Waals surface area contributed by atoms with Crippen molar-refractivity contribution in [3.63, 3.8) is 0 Å². The fraction of sp³-hybridized carbons (Fsp3) is 0.292. The van der Waals surface area contributed by atoms with E-state index in [1.54, 1.807) is 11.7 Å². The molecular formula is C24H26N6O3. The first-order valence-electron chi connectivity index (χ1n) is 10.9. The summed E-state index contributed by atoms with van der Waals surface area (Å²) in [6, 6.07) is 16.9. The first kappa shape index (κ1) is 21.0. The van der Waals surface area contributed by atoms with Gasteiger partial charge in [0.25, 0.3) is 0 Å². The monoisotopic (exact) mass is 446 g/mol. The molecule has 0 aliphatic carbocycles. The largest absolute Gasteiger partial charge is 0.461 e. The number of para-hydroxylation sites is 1. The molecule has 0 bridgehead atoms. The molecule has 5 rings (SSSR count). The lowest BCUT2D eigenvalue weighted by atomic mass is 10.1. The lowest BCUT2D eigenvalue weighted by molar-refractivity contribution is 0.141. The highest BCUT2D eigenvalue weighted by Gasteiger charge is 2.19. The Morgan fingerprint density at radius 1 is 1.06 bits per heavy atom. The van der Waals surface area contributed by atoms with Crippen LogP contribution in [0.4, 0.5) is 11.5 Å². The van der Waals surface area contributed by atoms with Gasteiger partial charge in [0.1, 0.15) is 12.1 Å². The summed E-state index contributed by atoms with van der Waals surface area (Å²) in [4.78, 5) is 26.4. The van der Waals surface area contributed by atoms with Crippen LogP contribution in [-0.4, -0.2) is 46.4 Å². The Balaban J connectivity index is 1.40. The van der Waals surface area contributed by atoms with Crippen LogP contribution in [0, 0.1) is 0 Å². The van der Waals surface area contributed by atoms with E-state index in [1.807, 2.05) is 12.1 Å². The van der Waals surface area contributed by atoms with Crippen molar-refractivity contribution >= 4 is 22.7 Å². The summed E-state index contributed by atoms with van der Waals surface area (Å²) in [5, 5.41) is 0. The highest BCUT2D eigenvalue weighted by atomic mass is 16.5. The summed E-state index contributed by atoms with van der Waals surface area (Å²) in [7, 11) is 1.59. The summed E-state index contributed by atoms with van der Waals surface area (Å²) in [6.45, 7) is 2.87. The van der Waals surface area contributed by atoms with Crippen molar-refractivity contribution < 1.29 is 9.47 Å². The van der Waals surface area contributed by atoms with Crippen LogP contribution in [0.5, 0.6) is 6.01 Å². The first-order chi connectivity index (χ1) is 16.1. The molecule has 33 heavy (non-hydrogen) atoms. The minimum Gasteiger partial charge on any atom is -0.461 e. The lowest BCUT2D eigenvalue weighted by Crippen LogP contribution is -2.20. The zero-order valence-electron chi connectivity index (χ0n) is 18.5. The maximum atomic E-state index is 12.7. The lowest BCUT2D eigenvalue weighted by Gasteiger charge is -2.20. The number of nitrogen functional groups attached to an aromatic ring is 1. The van der Waals surface area contributed by atoms with Crippen LogP contribution in [0.3, 0.4) is 0 Å². The number of nitrogens with zero attached hydrogens (tertiary/aromatic N) is 4. The van der Waals surface area contributed by atoms with Crippen LogP contribution >= 0.6 is 0 Å². The van der Waals surface area contributed by atoms with Gasteiger partial charge in [-0.2, -0.15) is 9.97 Å². The van der Waals surface area contributed by atoms with E-state index in [1.165, 1.54) is 16.8 Å². The summed E-state index contributed by atoms with van der Waals surface area (Å²) < 4.78 is 12.1. The Labute approximate surface area is 190 Å². The zero-order chi connectivity index (χ0) is 22.8. The summed E-state index contributed by atoms with van der Waals surface area (Å²) in [6.07, 6.45) is 1.07. The smallest absolute Gasteiger partial charge is 0.328 e. The van der Waals surface area contributed by atoms with Crippen molar-refractivity contribution in [3.8, 4) is 6.01 Å². The van der Waals surface area contributed by atoms with Crippen LogP contribution < -0.4 is 21.1 Å². The Hall–Kier alpha value is -3.85. The summed E-state index contributed by atoms with van der Waals surface area (Å²) in [5.74, 6) is 0.171. The van der Waals surface area contributed by atoms with Crippen LogP contribution in [-0.2, 0) is 24.2 Å². The second-order valence-corrected chi connectivity index (χ2v) is 8.07. The third-order valence-corrected chi connectivity index (χ3v) is 5.84. The van der Waals surface area contributed by atoms with E-state index in [-0.39, 0.29) is 24.1 Å². The number of nitrogens with two attached hydrogens (primary N) is 1. The molecule has 0 saturated carbocycles. The predicted molar refractivity (Wildman–Crippen MR) is 127 cm³/mol. The topological polar surface area (TPSA) is 111 Å². The fourth-order valence-electron chi connectivity index (χ4n) is 4.26. The van der Waals surface area contributed by atoms with Gasteiger partial charge >= 0.3 is 11.7 Å². The molecule has 3 N–H and O–H groups in total. The molecule has 0 fully saturated rings. The molecular weight excluding hydrogens is 420 g/mol. The van der Waals surface area contributed by atoms with Crippen LogP contribution in [0.2, 0.25) is 0 Å². The van der Waals surface area contributed by atoms with Gasteiger partial charge in [-0.15, -0.1) is 0 Å². The number of hydrogen-bond donors (Lipinski definition) is 2. The Kier molecular flexibility index (Phi) is 5.70. The number of methoxy groups -OCH3 is 1. The standard InChI is InChI=1S/C24H26N6O3/c1-32-11-12-33-23-27-21(25)20-22(28-23)30(24(31)26-20)15-17-6-4-5-16(13-17)14-29-10-9-18-7-2-3-8-19(18)29/h2-8,13H,9-12,14-15H2,1H3,(H,26,31)(H2,25,27,28). The number of ether oxygens (including phenoxy) is 2. The van der Waals surface area contributed by atoms with Crippen molar-refractivity contribution in [1.82, 2.24) is 19.5 Å². The van der Waals surface area contributed by atoms with Crippen molar-refractivity contribution in [1.29, 1.82) is 0 Å². The molecule has 0 unspecified atom stereocenters. The molecule has 4 aromatic rings. The quantitative estimate of drug-likeness (QED) is 0.400. The number of anilines is 2. The van der Waals surface area contributed by atoms with Crippen LogP contribution in [0.15, 0.2) is 53.3 Å². The normalized spacial score (nSPS) is 12.9. The van der Waals surface area contributed by atoms with Crippen LogP contribution in [0.25, 0.3) is 11.2 Å². The number of nitrogens with one attached hydrogen (secondary N) is 1. The van der Waals surface area contributed by atoms with E-state index in [0.717, 1.165) is 25.1 Å². The molecule has 1 aliphatic rings. The number of fused-ring (bicyclic) bond motifs is 2. The molecule has 0 atom stereocenters. The maximum absolute atomic E-state index is 12.7. The zero-order valence-corrected chi connectivity index (χ0v) is 18.5. The van der Waals surface area contributed by atoms with Gasteiger partial charge in [0.2, 0.25) is 0 Å².